The van der Waals surface area contributed by atoms with Crippen LogP contribution in [0.15, 0.2) is 12.4 Å². The number of anilines is 1. The van der Waals surface area contributed by atoms with Gasteiger partial charge >= 0.3 is 0 Å². The van der Waals surface area contributed by atoms with Crippen LogP contribution in [0.1, 0.15) is 12.1 Å². The molecule has 0 aromatic carbocycles. The number of hydrogen-bond acceptors (Lipinski definition) is 5. The van der Waals surface area contributed by atoms with Crippen LogP contribution in [0, 0.1) is 5.92 Å². The van der Waals surface area contributed by atoms with E-state index in [0.29, 0.717) is 25.5 Å². The summed E-state index contributed by atoms with van der Waals surface area (Å²) in [6.07, 6.45) is 4.92. The first-order chi connectivity index (χ1) is 9.60. The van der Waals surface area contributed by atoms with Crippen molar-refractivity contribution in [2.75, 3.05) is 45.8 Å². The van der Waals surface area contributed by atoms with Gasteiger partial charge in [-0.05, 0) is 12.3 Å². The molecule has 1 aromatic heterocycles. The topological polar surface area (TPSA) is 58.6 Å². The first kappa shape index (κ1) is 14.7. The van der Waals surface area contributed by atoms with Crippen molar-refractivity contribution in [1.82, 2.24) is 14.9 Å². The molecule has 1 aliphatic rings. The fourth-order valence-electron chi connectivity index (χ4n) is 2.41. The molecule has 1 fully saturated rings. The van der Waals surface area contributed by atoms with E-state index in [1.54, 1.807) is 19.5 Å². The molecule has 1 saturated heterocycles. The van der Waals surface area contributed by atoms with E-state index in [0.717, 1.165) is 24.5 Å². The number of rotatable bonds is 6. The lowest BCUT2D eigenvalue weighted by Crippen LogP contribution is -2.29. The summed E-state index contributed by atoms with van der Waals surface area (Å²) in [6.45, 7) is 2.06. The van der Waals surface area contributed by atoms with Crippen molar-refractivity contribution in [1.29, 1.82) is 0 Å². The van der Waals surface area contributed by atoms with Crippen LogP contribution in [0.5, 0.6) is 0 Å². The van der Waals surface area contributed by atoms with Crippen LogP contribution in [-0.4, -0.2) is 61.7 Å². The van der Waals surface area contributed by atoms with E-state index < -0.39 is 0 Å². The third kappa shape index (κ3) is 3.66. The van der Waals surface area contributed by atoms with Crippen LogP contribution in [0.4, 0.5) is 5.82 Å². The van der Waals surface area contributed by atoms with Crippen molar-refractivity contribution in [3.05, 3.63) is 18.1 Å². The average Bonchev–Trinajstić information content (AvgIpc) is 2.76. The predicted molar refractivity (Wildman–Crippen MR) is 76.6 cm³/mol. The van der Waals surface area contributed by atoms with Gasteiger partial charge in [0.25, 0.3) is 0 Å². The van der Waals surface area contributed by atoms with Gasteiger partial charge in [0.15, 0.2) is 0 Å². The summed E-state index contributed by atoms with van der Waals surface area (Å²) in [5, 5.41) is 0. The highest BCUT2D eigenvalue weighted by atomic mass is 16.5. The molecule has 20 heavy (non-hydrogen) atoms. The standard InChI is InChI=1S/C14H22N4O2/c1-17(2)13-9-15-8-12(16-13)6-11-7-14(19)18(10-11)4-5-20-3/h8-9,11H,4-7,10H2,1-3H3/t11-/m1/s1. The quantitative estimate of drug-likeness (QED) is 0.762. The molecule has 0 bridgehead atoms. The highest BCUT2D eigenvalue weighted by Crippen LogP contribution is 2.21. The maximum absolute atomic E-state index is 11.9. The Morgan fingerprint density at radius 2 is 2.25 bits per heavy atom. The molecule has 2 rings (SSSR count). The SMILES string of the molecule is COCCN1C[C@H](Cc2cncc(N(C)C)n2)CC1=O. The fraction of sp³-hybridized carbons (Fsp3) is 0.643. The Labute approximate surface area is 119 Å². The third-order valence-corrected chi connectivity index (χ3v) is 3.49. The molecule has 110 valence electrons. The van der Waals surface area contributed by atoms with Gasteiger partial charge in [-0.25, -0.2) is 4.98 Å². The van der Waals surface area contributed by atoms with Gasteiger partial charge in [0.1, 0.15) is 5.82 Å². The normalized spacial score (nSPS) is 18.6. The van der Waals surface area contributed by atoms with Gasteiger partial charge in [-0.1, -0.05) is 0 Å². The molecule has 1 aliphatic heterocycles. The molecule has 1 atom stereocenters. The summed E-state index contributed by atoms with van der Waals surface area (Å²) in [7, 11) is 5.54. The van der Waals surface area contributed by atoms with Gasteiger partial charge in [0.05, 0.1) is 18.5 Å². The summed E-state index contributed by atoms with van der Waals surface area (Å²) in [5.41, 5.74) is 0.947. The molecule has 0 aliphatic carbocycles. The van der Waals surface area contributed by atoms with Crippen molar-refractivity contribution in [2.24, 2.45) is 5.92 Å². The molecule has 0 N–H and O–H groups in total. The van der Waals surface area contributed by atoms with Crippen LogP contribution >= 0.6 is 0 Å². The van der Waals surface area contributed by atoms with E-state index >= 15 is 0 Å². The number of likely N-dealkylation sites (tertiary alicyclic amines) is 1. The zero-order valence-corrected chi connectivity index (χ0v) is 12.4. The molecular formula is C14H22N4O2. The summed E-state index contributed by atoms with van der Waals surface area (Å²) in [6, 6.07) is 0. The Bertz CT molecular complexity index is 464. The number of aromatic nitrogens is 2. The third-order valence-electron chi connectivity index (χ3n) is 3.49. The second kappa shape index (κ2) is 6.65. The second-order valence-corrected chi connectivity index (χ2v) is 5.37. The maximum Gasteiger partial charge on any atom is 0.223 e. The van der Waals surface area contributed by atoms with Gasteiger partial charge < -0.3 is 14.5 Å². The summed E-state index contributed by atoms with van der Waals surface area (Å²) in [4.78, 5) is 24.5. The first-order valence-electron chi connectivity index (χ1n) is 6.85. The van der Waals surface area contributed by atoms with Gasteiger partial charge in [0, 0.05) is 46.9 Å². The molecule has 6 nitrogen and oxygen atoms in total. The minimum atomic E-state index is 0.212. The van der Waals surface area contributed by atoms with Crippen LogP contribution in [0.3, 0.4) is 0 Å². The van der Waals surface area contributed by atoms with Crippen LogP contribution in [-0.2, 0) is 16.0 Å². The Morgan fingerprint density at radius 1 is 1.45 bits per heavy atom. The molecule has 0 spiro atoms. The lowest BCUT2D eigenvalue weighted by Gasteiger charge is -2.16. The molecule has 1 aromatic rings. The lowest BCUT2D eigenvalue weighted by atomic mass is 10.0. The van der Waals surface area contributed by atoms with Crippen molar-refractivity contribution in [3.8, 4) is 0 Å². The molecule has 6 heteroatoms. The van der Waals surface area contributed by atoms with Crippen LogP contribution in [0.25, 0.3) is 0 Å². The summed E-state index contributed by atoms with van der Waals surface area (Å²) in [5.74, 6) is 1.39. The Hall–Kier alpha value is -1.69. The van der Waals surface area contributed by atoms with Gasteiger partial charge in [-0.2, -0.15) is 0 Å². The minimum Gasteiger partial charge on any atom is -0.383 e. The highest BCUT2D eigenvalue weighted by Gasteiger charge is 2.29. The van der Waals surface area contributed by atoms with E-state index in [1.165, 1.54) is 0 Å². The smallest absolute Gasteiger partial charge is 0.223 e. The monoisotopic (exact) mass is 278 g/mol. The summed E-state index contributed by atoms with van der Waals surface area (Å²) >= 11 is 0. The van der Waals surface area contributed by atoms with E-state index in [2.05, 4.69) is 9.97 Å². The van der Waals surface area contributed by atoms with Crippen LogP contribution in [0.2, 0.25) is 0 Å². The van der Waals surface area contributed by atoms with Gasteiger partial charge in [-0.15, -0.1) is 0 Å². The minimum absolute atomic E-state index is 0.212. The molecule has 2 heterocycles. The van der Waals surface area contributed by atoms with E-state index in [-0.39, 0.29) is 5.91 Å². The van der Waals surface area contributed by atoms with Gasteiger partial charge in [0.2, 0.25) is 5.91 Å². The first-order valence-corrected chi connectivity index (χ1v) is 6.85. The largest absolute Gasteiger partial charge is 0.383 e. The average molecular weight is 278 g/mol. The van der Waals surface area contributed by atoms with E-state index in [9.17, 15) is 4.79 Å². The number of amides is 1. The van der Waals surface area contributed by atoms with Crippen molar-refractivity contribution < 1.29 is 9.53 Å². The van der Waals surface area contributed by atoms with Crippen molar-refractivity contribution >= 4 is 11.7 Å². The molecule has 1 amide bonds. The zero-order chi connectivity index (χ0) is 14.5. The van der Waals surface area contributed by atoms with E-state index in [1.807, 2.05) is 23.9 Å². The number of hydrogen-bond donors (Lipinski definition) is 0. The Morgan fingerprint density at radius 3 is 2.95 bits per heavy atom. The number of nitrogens with zero attached hydrogens (tertiary/aromatic N) is 4. The van der Waals surface area contributed by atoms with Crippen molar-refractivity contribution in [2.45, 2.75) is 12.8 Å². The maximum atomic E-state index is 11.9. The zero-order valence-electron chi connectivity index (χ0n) is 12.4. The number of methoxy groups -OCH3 is 1. The Kier molecular flexibility index (Phi) is 4.89. The molecule has 0 unspecified atom stereocenters. The van der Waals surface area contributed by atoms with E-state index in [4.69, 9.17) is 4.74 Å². The summed E-state index contributed by atoms with van der Waals surface area (Å²) < 4.78 is 5.03. The van der Waals surface area contributed by atoms with Crippen LogP contribution < -0.4 is 4.90 Å². The number of carbonyl (C=O) groups excluding carboxylic acids is 1. The second-order valence-electron chi connectivity index (χ2n) is 5.37. The predicted octanol–water partition coefficient (Wildman–Crippen LogP) is 0.580. The molecule has 0 radical (unpaired) electrons. The highest BCUT2D eigenvalue weighted by molar-refractivity contribution is 5.78. The number of ether oxygens (including phenoxy) is 1. The fourth-order valence-corrected chi connectivity index (χ4v) is 2.41. The van der Waals surface area contributed by atoms with Gasteiger partial charge in [-0.3, -0.25) is 9.78 Å². The lowest BCUT2D eigenvalue weighted by molar-refractivity contribution is -0.128. The van der Waals surface area contributed by atoms with Crippen molar-refractivity contribution in [3.63, 3.8) is 0 Å². The Balaban J connectivity index is 1.94. The number of carbonyl (C=O) groups is 1. The molecule has 0 saturated carbocycles. The molecular weight excluding hydrogens is 256 g/mol.